The lowest BCUT2D eigenvalue weighted by atomic mass is 9.91. The third kappa shape index (κ3) is 4.71. The van der Waals surface area contributed by atoms with Crippen LogP contribution in [-0.4, -0.2) is 36.0 Å². The Balaban J connectivity index is 1.63. The number of carbonyl (C=O) groups is 2. The third-order valence-electron chi connectivity index (χ3n) is 5.26. The van der Waals surface area contributed by atoms with Crippen molar-refractivity contribution in [3.05, 3.63) is 66.2 Å². The average molecular weight is 380 g/mol. The van der Waals surface area contributed by atoms with Gasteiger partial charge < -0.3 is 14.5 Å². The van der Waals surface area contributed by atoms with E-state index in [9.17, 15) is 9.59 Å². The van der Waals surface area contributed by atoms with Crippen LogP contribution in [0.3, 0.4) is 0 Å². The van der Waals surface area contributed by atoms with E-state index >= 15 is 0 Å². The van der Waals surface area contributed by atoms with Crippen LogP contribution in [0.2, 0.25) is 0 Å². The summed E-state index contributed by atoms with van der Waals surface area (Å²) in [6, 6.07) is 19.6. The molecular formula is C23H28N2O3. The molecule has 2 unspecified atom stereocenters. The Labute approximate surface area is 166 Å². The topological polar surface area (TPSA) is 49.9 Å². The first kappa shape index (κ1) is 19.9. The molecule has 1 fully saturated rings. The molecule has 0 aliphatic carbocycles. The lowest BCUT2D eigenvalue weighted by Gasteiger charge is -2.42. The molecule has 0 saturated carbocycles. The fraction of sp³-hybridized carbons (Fsp3) is 0.391. The largest absolute Gasteiger partial charge is 0.445 e. The van der Waals surface area contributed by atoms with Crippen molar-refractivity contribution in [1.29, 1.82) is 0 Å². The Morgan fingerprint density at radius 3 is 2.32 bits per heavy atom. The van der Waals surface area contributed by atoms with Crippen molar-refractivity contribution in [3.63, 3.8) is 0 Å². The van der Waals surface area contributed by atoms with Crippen LogP contribution in [0.25, 0.3) is 0 Å². The summed E-state index contributed by atoms with van der Waals surface area (Å²) in [4.78, 5) is 28.8. The third-order valence-corrected chi connectivity index (χ3v) is 5.26. The van der Waals surface area contributed by atoms with Gasteiger partial charge in [-0.15, -0.1) is 0 Å². The normalized spacial score (nSPS) is 19.1. The first-order chi connectivity index (χ1) is 13.6. The fourth-order valence-corrected chi connectivity index (χ4v) is 3.77. The van der Waals surface area contributed by atoms with Crippen molar-refractivity contribution < 1.29 is 14.3 Å². The highest BCUT2D eigenvalue weighted by atomic mass is 16.6. The molecule has 148 valence electrons. The number of hydrogen-bond acceptors (Lipinski definition) is 3. The maximum atomic E-state index is 12.7. The maximum absolute atomic E-state index is 12.7. The van der Waals surface area contributed by atoms with Gasteiger partial charge in [-0.3, -0.25) is 4.79 Å². The summed E-state index contributed by atoms with van der Waals surface area (Å²) in [6.07, 6.45) is 0.908. The molecule has 1 aliphatic rings. The highest BCUT2D eigenvalue weighted by Crippen LogP contribution is 2.28. The van der Waals surface area contributed by atoms with Crippen molar-refractivity contribution in [2.45, 2.75) is 39.3 Å². The van der Waals surface area contributed by atoms with Gasteiger partial charge in [-0.05, 0) is 30.0 Å². The standard InChI is InChI=1S/C23H28N2O3/c1-3-22(26)25(20-12-8-5-9-13-20)21-14-15-24(16-18(21)2)23(27)28-17-19-10-6-4-7-11-19/h4-13,18,21H,3,14-17H2,1-2H3. The van der Waals surface area contributed by atoms with Gasteiger partial charge in [0.2, 0.25) is 5.91 Å². The summed E-state index contributed by atoms with van der Waals surface area (Å²) < 4.78 is 5.47. The quantitative estimate of drug-likeness (QED) is 0.769. The summed E-state index contributed by atoms with van der Waals surface area (Å²) in [5.41, 5.74) is 1.90. The number of carbonyl (C=O) groups excluding carboxylic acids is 2. The molecular weight excluding hydrogens is 352 g/mol. The summed E-state index contributed by atoms with van der Waals surface area (Å²) in [5, 5.41) is 0. The summed E-state index contributed by atoms with van der Waals surface area (Å²) in [7, 11) is 0. The van der Waals surface area contributed by atoms with Crippen molar-refractivity contribution in [2.24, 2.45) is 5.92 Å². The Morgan fingerprint density at radius 1 is 1.07 bits per heavy atom. The minimum Gasteiger partial charge on any atom is -0.445 e. The Bertz CT molecular complexity index is 779. The minimum atomic E-state index is -0.290. The number of hydrogen-bond donors (Lipinski definition) is 0. The van der Waals surface area contributed by atoms with Gasteiger partial charge in [-0.1, -0.05) is 62.4 Å². The summed E-state index contributed by atoms with van der Waals surface area (Å²) in [5.74, 6) is 0.275. The Morgan fingerprint density at radius 2 is 1.71 bits per heavy atom. The molecule has 0 radical (unpaired) electrons. The van der Waals surface area contributed by atoms with Gasteiger partial charge in [0.05, 0.1) is 0 Å². The van der Waals surface area contributed by atoms with Crippen LogP contribution in [0.4, 0.5) is 10.5 Å². The number of anilines is 1. The molecule has 0 bridgehead atoms. The molecule has 3 rings (SSSR count). The minimum absolute atomic E-state index is 0.0769. The zero-order valence-corrected chi connectivity index (χ0v) is 16.6. The molecule has 5 nitrogen and oxygen atoms in total. The second-order valence-electron chi connectivity index (χ2n) is 7.27. The van der Waals surface area contributed by atoms with Crippen molar-refractivity contribution >= 4 is 17.7 Å². The van der Waals surface area contributed by atoms with Crippen LogP contribution in [0, 0.1) is 5.92 Å². The number of piperidine rings is 1. The van der Waals surface area contributed by atoms with Gasteiger partial charge in [-0.25, -0.2) is 4.79 Å². The molecule has 2 amide bonds. The first-order valence-corrected chi connectivity index (χ1v) is 9.93. The van der Waals surface area contributed by atoms with Crippen LogP contribution >= 0.6 is 0 Å². The van der Waals surface area contributed by atoms with E-state index in [-0.39, 0.29) is 30.6 Å². The lowest BCUT2D eigenvalue weighted by molar-refractivity contribution is -0.119. The number of rotatable bonds is 5. The predicted molar refractivity (Wildman–Crippen MR) is 110 cm³/mol. The predicted octanol–water partition coefficient (Wildman–Crippen LogP) is 4.48. The maximum Gasteiger partial charge on any atom is 0.410 e. The zero-order chi connectivity index (χ0) is 19.9. The van der Waals surface area contributed by atoms with Crippen LogP contribution in [0.5, 0.6) is 0 Å². The van der Waals surface area contributed by atoms with Crippen LogP contribution in [0.15, 0.2) is 60.7 Å². The number of para-hydroxylation sites is 1. The average Bonchev–Trinajstić information content (AvgIpc) is 2.74. The van der Waals surface area contributed by atoms with E-state index in [4.69, 9.17) is 4.74 Å². The van der Waals surface area contributed by atoms with Crippen LogP contribution in [-0.2, 0) is 16.1 Å². The SMILES string of the molecule is CCC(=O)N(c1ccccc1)C1CCN(C(=O)OCc2ccccc2)CC1C. The molecule has 0 spiro atoms. The van der Waals surface area contributed by atoms with E-state index < -0.39 is 0 Å². The van der Waals surface area contributed by atoms with E-state index in [1.165, 1.54) is 0 Å². The highest BCUT2D eigenvalue weighted by molar-refractivity contribution is 5.93. The van der Waals surface area contributed by atoms with Gasteiger partial charge in [0.15, 0.2) is 0 Å². The van der Waals surface area contributed by atoms with Gasteiger partial charge in [0, 0.05) is 31.2 Å². The van der Waals surface area contributed by atoms with Crippen molar-refractivity contribution in [1.82, 2.24) is 4.90 Å². The monoisotopic (exact) mass is 380 g/mol. The second kappa shape index (κ2) is 9.40. The number of likely N-dealkylation sites (tertiary alicyclic amines) is 1. The molecule has 1 heterocycles. The molecule has 0 N–H and O–H groups in total. The molecule has 2 aromatic carbocycles. The molecule has 0 aromatic heterocycles. The number of ether oxygens (including phenoxy) is 1. The highest BCUT2D eigenvalue weighted by Gasteiger charge is 2.35. The van der Waals surface area contributed by atoms with E-state index in [0.717, 1.165) is 17.7 Å². The van der Waals surface area contributed by atoms with Gasteiger partial charge >= 0.3 is 6.09 Å². The van der Waals surface area contributed by atoms with E-state index in [1.807, 2.05) is 72.5 Å². The molecule has 1 aliphatic heterocycles. The van der Waals surface area contributed by atoms with E-state index in [0.29, 0.717) is 19.5 Å². The molecule has 28 heavy (non-hydrogen) atoms. The zero-order valence-electron chi connectivity index (χ0n) is 16.6. The second-order valence-corrected chi connectivity index (χ2v) is 7.27. The number of nitrogens with zero attached hydrogens (tertiary/aromatic N) is 2. The van der Waals surface area contributed by atoms with Crippen molar-refractivity contribution in [3.8, 4) is 0 Å². The van der Waals surface area contributed by atoms with E-state index in [2.05, 4.69) is 6.92 Å². The molecule has 2 aromatic rings. The first-order valence-electron chi connectivity index (χ1n) is 9.93. The van der Waals surface area contributed by atoms with Gasteiger partial charge in [0.25, 0.3) is 0 Å². The molecule has 5 heteroatoms. The van der Waals surface area contributed by atoms with Crippen molar-refractivity contribution in [2.75, 3.05) is 18.0 Å². The smallest absolute Gasteiger partial charge is 0.410 e. The fourth-order valence-electron chi connectivity index (χ4n) is 3.77. The molecule has 1 saturated heterocycles. The van der Waals surface area contributed by atoms with Gasteiger partial charge in [0.1, 0.15) is 6.61 Å². The van der Waals surface area contributed by atoms with Crippen LogP contribution in [0.1, 0.15) is 32.3 Å². The summed E-state index contributed by atoms with van der Waals surface area (Å²) >= 11 is 0. The Kier molecular flexibility index (Phi) is 6.69. The molecule has 2 atom stereocenters. The lowest BCUT2D eigenvalue weighted by Crippen LogP contribution is -2.53. The number of benzene rings is 2. The Hall–Kier alpha value is -2.82. The van der Waals surface area contributed by atoms with Crippen LogP contribution < -0.4 is 4.90 Å². The van der Waals surface area contributed by atoms with E-state index in [1.54, 1.807) is 4.90 Å². The number of amides is 2. The van der Waals surface area contributed by atoms with Gasteiger partial charge in [-0.2, -0.15) is 0 Å². The summed E-state index contributed by atoms with van der Waals surface area (Å²) in [6.45, 7) is 5.43.